The maximum Gasteiger partial charge on any atom is 0.280 e. The topological polar surface area (TPSA) is 73.1 Å². The Morgan fingerprint density at radius 1 is 1.25 bits per heavy atom. The Morgan fingerprint density at radius 2 is 2.12 bits per heavy atom. The highest BCUT2D eigenvalue weighted by Gasteiger charge is 2.33. The van der Waals surface area contributed by atoms with Gasteiger partial charge in [0.05, 0.1) is 25.5 Å². The molecule has 0 radical (unpaired) electrons. The van der Waals surface area contributed by atoms with E-state index in [1.54, 1.807) is 53.4 Å². The third-order valence-corrected chi connectivity index (χ3v) is 4.00. The lowest BCUT2D eigenvalue weighted by atomic mass is 10.3. The van der Waals surface area contributed by atoms with Crippen molar-refractivity contribution in [2.24, 2.45) is 0 Å². The van der Waals surface area contributed by atoms with Gasteiger partial charge in [-0.15, -0.1) is 0 Å². The molecule has 0 aliphatic carbocycles. The second-order valence-corrected chi connectivity index (χ2v) is 5.62. The van der Waals surface area contributed by atoms with Crippen LogP contribution in [0.25, 0.3) is 5.69 Å². The van der Waals surface area contributed by atoms with Crippen LogP contribution in [0.2, 0.25) is 5.15 Å². The van der Waals surface area contributed by atoms with Crippen LogP contribution in [-0.4, -0.2) is 32.8 Å². The van der Waals surface area contributed by atoms with Crippen molar-refractivity contribution in [3.8, 4) is 11.4 Å². The van der Waals surface area contributed by atoms with E-state index in [0.29, 0.717) is 29.0 Å². The predicted molar refractivity (Wildman–Crippen MR) is 87.7 cm³/mol. The number of hydrogen-bond donors (Lipinski definition) is 0. The molecule has 1 aliphatic heterocycles. The molecule has 3 aromatic rings. The van der Waals surface area contributed by atoms with Gasteiger partial charge in [0.1, 0.15) is 16.7 Å². The SMILES string of the molecule is COc1ccnc(N2Cc3cn(-c4ccc(Cl)nc4)nc3C2=O)c1. The van der Waals surface area contributed by atoms with Gasteiger partial charge in [0.25, 0.3) is 5.91 Å². The molecule has 0 saturated heterocycles. The lowest BCUT2D eigenvalue weighted by Gasteiger charge is -2.15. The van der Waals surface area contributed by atoms with Crippen LogP contribution >= 0.6 is 11.6 Å². The van der Waals surface area contributed by atoms with Crippen LogP contribution in [0.1, 0.15) is 16.1 Å². The van der Waals surface area contributed by atoms with Gasteiger partial charge in [-0.1, -0.05) is 11.6 Å². The molecule has 7 nitrogen and oxygen atoms in total. The second kappa shape index (κ2) is 5.61. The van der Waals surface area contributed by atoms with Crippen molar-refractivity contribution in [2.45, 2.75) is 6.54 Å². The molecule has 0 unspecified atom stereocenters. The number of hydrogen-bond acceptors (Lipinski definition) is 5. The summed E-state index contributed by atoms with van der Waals surface area (Å²) in [7, 11) is 1.57. The van der Waals surface area contributed by atoms with Gasteiger partial charge in [-0.05, 0) is 18.2 Å². The first-order valence-corrected chi connectivity index (χ1v) is 7.56. The van der Waals surface area contributed by atoms with Crippen molar-refractivity contribution < 1.29 is 9.53 Å². The fraction of sp³-hybridized carbons (Fsp3) is 0.125. The number of amides is 1. The quantitative estimate of drug-likeness (QED) is 0.684. The molecule has 3 aromatic heterocycles. The fourth-order valence-corrected chi connectivity index (χ4v) is 2.68. The molecule has 1 amide bonds. The number of pyridine rings is 2. The Balaban J connectivity index is 1.64. The van der Waals surface area contributed by atoms with Gasteiger partial charge in [0.15, 0.2) is 5.69 Å². The fourth-order valence-electron chi connectivity index (χ4n) is 2.57. The van der Waals surface area contributed by atoms with Gasteiger partial charge in [0.2, 0.25) is 0 Å². The highest BCUT2D eigenvalue weighted by Crippen LogP contribution is 2.28. The molecule has 4 heterocycles. The van der Waals surface area contributed by atoms with Crippen LogP contribution in [-0.2, 0) is 6.54 Å². The minimum absolute atomic E-state index is 0.188. The van der Waals surface area contributed by atoms with Crippen LogP contribution in [0.4, 0.5) is 5.82 Å². The Labute approximate surface area is 142 Å². The van der Waals surface area contributed by atoms with Gasteiger partial charge in [-0.25, -0.2) is 14.6 Å². The van der Waals surface area contributed by atoms with E-state index in [1.165, 1.54) is 0 Å². The van der Waals surface area contributed by atoms with Gasteiger partial charge < -0.3 is 4.74 Å². The highest BCUT2D eigenvalue weighted by molar-refractivity contribution is 6.29. The van der Waals surface area contributed by atoms with E-state index in [9.17, 15) is 4.79 Å². The minimum Gasteiger partial charge on any atom is -0.497 e. The van der Waals surface area contributed by atoms with Crippen LogP contribution in [0.5, 0.6) is 5.75 Å². The largest absolute Gasteiger partial charge is 0.497 e. The Kier molecular flexibility index (Phi) is 3.42. The summed E-state index contributed by atoms with van der Waals surface area (Å²) in [6.07, 6.45) is 5.03. The molecular weight excluding hydrogens is 330 g/mol. The number of halogens is 1. The highest BCUT2D eigenvalue weighted by atomic mass is 35.5. The van der Waals surface area contributed by atoms with Crippen molar-refractivity contribution in [1.29, 1.82) is 0 Å². The zero-order chi connectivity index (χ0) is 16.7. The lowest BCUT2D eigenvalue weighted by molar-refractivity contribution is 0.0990. The second-order valence-electron chi connectivity index (χ2n) is 5.23. The molecule has 0 aromatic carbocycles. The van der Waals surface area contributed by atoms with Crippen LogP contribution in [0.15, 0.2) is 42.9 Å². The summed E-state index contributed by atoms with van der Waals surface area (Å²) in [5.41, 5.74) is 1.99. The van der Waals surface area contributed by atoms with E-state index in [2.05, 4.69) is 15.1 Å². The van der Waals surface area contributed by atoms with E-state index < -0.39 is 0 Å². The number of nitrogens with zero attached hydrogens (tertiary/aromatic N) is 5. The van der Waals surface area contributed by atoms with Crippen molar-refractivity contribution in [2.75, 3.05) is 12.0 Å². The maximum absolute atomic E-state index is 12.6. The third-order valence-electron chi connectivity index (χ3n) is 3.77. The first-order chi connectivity index (χ1) is 11.7. The van der Waals surface area contributed by atoms with Gasteiger partial charge in [-0.2, -0.15) is 5.10 Å². The van der Waals surface area contributed by atoms with Crippen LogP contribution in [0.3, 0.4) is 0 Å². The summed E-state index contributed by atoms with van der Waals surface area (Å²) in [5.74, 6) is 0.998. The van der Waals surface area contributed by atoms with Gasteiger partial charge in [0, 0.05) is 24.0 Å². The van der Waals surface area contributed by atoms with E-state index >= 15 is 0 Å². The van der Waals surface area contributed by atoms with Gasteiger partial charge in [-0.3, -0.25) is 9.69 Å². The molecule has 0 N–H and O–H groups in total. The number of rotatable bonds is 3. The third kappa shape index (κ3) is 2.39. The molecule has 0 atom stereocenters. The summed E-state index contributed by atoms with van der Waals surface area (Å²) < 4.78 is 6.81. The molecule has 8 heteroatoms. The zero-order valence-electron chi connectivity index (χ0n) is 12.7. The number of aromatic nitrogens is 4. The zero-order valence-corrected chi connectivity index (χ0v) is 13.4. The monoisotopic (exact) mass is 341 g/mol. The smallest absolute Gasteiger partial charge is 0.280 e. The first kappa shape index (κ1) is 14.6. The summed E-state index contributed by atoms with van der Waals surface area (Å²) in [6, 6.07) is 6.93. The van der Waals surface area contributed by atoms with Crippen LogP contribution < -0.4 is 9.64 Å². The molecule has 24 heavy (non-hydrogen) atoms. The average Bonchev–Trinajstić information content (AvgIpc) is 3.15. The Bertz CT molecular complexity index is 922. The molecule has 120 valence electrons. The van der Waals surface area contributed by atoms with Crippen molar-refractivity contribution in [3.05, 3.63) is 59.3 Å². The lowest BCUT2D eigenvalue weighted by Crippen LogP contribution is -2.25. The number of carbonyl (C=O) groups excluding carboxylic acids is 1. The van der Waals surface area contributed by atoms with Crippen molar-refractivity contribution in [1.82, 2.24) is 19.7 Å². The number of anilines is 1. The summed E-state index contributed by atoms with van der Waals surface area (Å²) in [4.78, 5) is 22.5. The van der Waals surface area contributed by atoms with Crippen molar-refractivity contribution >= 4 is 23.3 Å². The standard InChI is InChI=1S/C16H12ClN5O2/c1-24-12-4-5-18-14(6-12)21-8-10-9-22(20-15(10)16(21)23)11-2-3-13(17)19-7-11/h2-7,9H,8H2,1H3. The molecule has 0 saturated carbocycles. The van der Waals surface area contributed by atoms with E-state index in [-0.39, 0.29) is 5.91 Å². The molecular formula is C16H12ClN5O2. The predicted octanol–water partition coefficient (Wildman–Crippen LogP) is 2.48. The Morgan fingerprint density at radius 3 is 2.83 bits per heavy atom. The van der Waals surface area contributed by atoms with E-state index in [0.717, 1.165) is 11.3 Å². The van der Waals surface area contributed by atoms with Crippen LogP contribution in [0, 0.1) is 0 Å². The summed E-state index contributed by atoms with van der Waals surface area (Å²) in [5, 5.41) is 4.78. The first-order valence-electron chi connectivity index (χ1n) is 7.18. The van der Waals surface area contributed by atoms with Gasteiger partial charge >= 0.3 is 0 Å². The minimum atomic E-state index is -0.188. The summed E-state index contributed by atoms with van der Waals surface area (Å²) >= 11 is 5.79. The molecule has 0 fully saturated rings. The molecule has 0 bridgehead atoms. The normalized spacial score (nSPS) is 13.2. The number of ether oxygens (including phenoxy) is 1. The van der Waals surface area contributed by atoms with E-state index in [4.69, 9.17) is 16.3 Å². The van der Waals surface area contributed by atoms with E-state index in [1.807, 2.05) is 6.20 Å². The number of methoxy groups -OCH3 is 1. The number of carbonyl (C=O) groups is 1. The molecule has 1 aliphatic rings. The number of fused-ring (bicyclic) bond motifs is 1. The molecule has 4 rings (SSSR count). The summed E-state index contributed by atoms with van der Waals surface area (Å²) in [6.45, 7) is 0.412. The molecule has 0 spiro atoms. The average molecular weight is 342 g/mol. The Hall–Kier alpha value is -2.93. The maximum atomic E-state index is 12.6. The van der Waals surface area contributed by atoms with Crippen molar-refractivity contribution in [3.63, 3.8) is 0 Å².